The Morgan fingerprint density at radius 3 is 2.79 bits per heavy atom. The van der Waals surface area contributed by atoms with E-state index in [0.29, 0.717) is 0 Å². The van der Waals surface area contributed by atoms with Crippen molar-refractivity contribution in [1.29, 1.82) is 0 Å². The van der Waals surface area contributed by atoms with Crippen LogP contribution in [0.2, 0.25) is 0 Å². The molecular weight excluding hydrogens is 238 g/mol. The van der Waals surface area contributed by atoms with Gasteiger partial charge in [-0.05, 0) is 39.3 Å². The van der Waals surface area contributed by atoms with Crippen LogP contribution in [0.4, 0.5) is 0 Å². The lowest BCUT2D eigenvalue weighted by Crippen LogP contribution is -2.45. The van der Waals surface area contributed by atoms with E-state index < -0.39 is 0 Å². The molecule has 0 aromatic carbocycles. The fourth-order valence-electron chi connectivity index (χ4n) is 3.29. The van der Waals surface area contributed by atoms with Crippen molar-refractivity contribution in [2.75, 3.05) is 52.5 Å². The number of rotatable bonds is 7. The largest absolute Gasteiger partial charge is 0.379 e. The third-order valence-electron chi connectivity index (χ3n) is 4.61. The SMILES string of the molecule is CCNCCCC(C)N1CCC(N2CCOCC2)C1. The van der Waals surface area contributed by atoms with Crippen LogP contribution in [-0.2, 0) is 4.74 Å². The van der Waals surface area contributed by atoms with E-state index in [1.54, 1.807) is 0 Å². The third kappa shape index (κ3) is 4.71. The number of hydrogen-bond acceptors (Lipinski definition) is 4. The summed E-state index contributed by atoms with van der Waals surface area (Å²) in [6.07, 6.45) is 3.97. The van der Waals surface area contributed by atoms with E-state index >= 15 is 0 Å². The molecule has 2 aliphatic rings. The second kappa shape index (κ2) is 8.20. The van der Waals surface area contributed by atoms with Gasteiger partial charge in [0.15, 0.2) is 0 Å². The molecule has 0 spiro atoms. The van der Waals surface area contributed by atoms with Gasteiger partial charge in [0.1, 0.15) is 0 Å². The maximum Gasteiger partial charge on any atom is 0.0594 e. The molecule has 2 aliphatic heterocycles. The van der Waals surface area contributed by atoms with Crippen LogP contribution in [0, 0.1) is 0 Å². The van der Waals surface area contributed by atoms with Crippen molar-refractivity contribution in [3.05, 3.63) is 0 Å². The summed E-state index contributed by atoms with van der Waals surface area (Å²) in [5.41, 5.74) is 0. The molecule has 0 bridgehead atoms. The summed E-state index contributed by atoms with van der Waals surface area (Å²) in [5, 5.41) is 3.41. The van der Waals surface area contributed by atoms with Crippen molar-refractivity contribution >= 4 is 0 Å². The van der Waals surface area contributed by atoms with Crippen LogP contribution in [0.25, 0.3) is 0 Å². The molecule has 4 nitrogen and oxygen atoms in total. The predicted molar refractivity (Wildman–Crippen MR) is 79.6 cm³/mol. The topological polar surface area (TPSA) is 27.7 Å². The zero-order chi connectivity index (χ0) is 13.5. The minimum Gasteiger partial charge on any atom is -0.379 e. The van der Waals surface area contributed by atoms with Gasteiger partial charge in [-0.3, -0.25) is 9.80 Å². The van der Waals surface area contributed by atoms with E-state index in [0.717, 1.165) is 44.9 Å². The number of nitrogens with zero attached hydrogens (tertiary/aromatic N) is 2. The van der Waals surface area contributed by atoms with Gasteiger partial charge in [-0.15, -0.1) is 0 Å². The van der Waals surface area contributed by atoms with Crippen LogP contribution >= 0.6 is 0 Å². The van der Waals surface area contributed by atoms with E-state index in [9.17, 15) is 0 Å². The molecule has 0 aromatic rings. The zero-order valence-electron chi connectivity index (χ0n) is 12.7. The van der Waals surface area contributed by atoms with Gasteiger partial charge in [0.05, 0.1) is 13.2 Å². The monoisotopic (exact) mass is 269 g/mol. The first-order valence-electron chi connectivity index (χ1n) is 8.07. The molecule has 0 amide bonds. The second-order valence-electron chi connectivity index (χ2n) is 5.93. The Balaban J connectivity index is 1.65. The van der Waals surface area contributed by atoms with Crippen molar-refractivity contribution < 1.29 is 4.74 Å². The van der Waals surface area contributed by atoms with Crippen LogP contribution in [0.3, 0.4) is 0 Å². The molecule has 2 unspecified atom stereocenters. The van der Waals surface area contributed by atoms with Gasteiger partial charge in [-0.2, -0.15) is 0 Å². The Bertz CT molecular complexity index is 244. The van der Waals surface area contributed by atoms with Crippen LogP contribution in [0.5, 0.6) is 0 Å². The number of hydrogen-bond donors (Lipinski definition) is 1. The van der Waals surface area contributed by atoms with Crippen molar-refractivity contribution in [3.63, 3.8) is 0 Å². The van der Waals surface area contributed by atoms with Crippen molar-refractivity contribution in [3.8, 4) is 0 Å². The highest BCUT2D eigenvalue weighted by Crippen LogP contribution is 2.20. The lowest BCUT2D eigenvalue weighted by atomic mass is 10.1. The average Bonchev–Trinajstić information content (AvgIpc) is 2.94. The average molecular weight is 269 g/mol. The van der Waals surface area contributed by atoms with Gasteiger partial charge in [0, 0.05) is 38.3 Å². The van der Waals surface area contributed by atoms with E-state index in [2.05, 4.69) is 29.0 Å². The summed E-state index contributed by atoms with van der Waals surface area (Å²) in [4.78, 5) is 5.32. The molecule has 1 N–H and O–H groups in total. The van der Waals surface area contributed by atoms with Crippen LogP contribution < -0.4 is 5.32 Å². The quantitative estimate of drug-likeness (QED) is 0.702. The summed E-state index contributed by atoms with van der Waals surface area (Å²) in [7, 11) is 0. The van der Waals surface area contributed by atoms with Crippen molar-refractivity contribution in [2.24, 2.45) is 0 Å². The fraction of sp³-hybridized carbons (Fsp3) is 1.00. The first-order chi connectivity index (χ1) is 9.31. The molecule has 0 saturated carbocycles. The Morgan fingerprint density at radius 1 is 1.26 bits per heavy atom. The second-order valence-corrected chi connectivity index (χ2v) is 5.93. The molecule has 2 rings (SSSR count). The van der Waals surface area contributed by atoms with Crippen molar-refractivity contribution in [1.82, 2.24) is 15.1 Å². The minimum absolute atomic E-state index is 0.740. The van der Waals surface area contributed by atoms with E-state index in [4.69, 9.17) is 4.74 Å². The predicted octanol–water partition coefficient (Wildman–Crippen LogP) is 1.17. The maximum absolute atomic E-state index is 5.45. The normalized spacial score (nSPS) is 27.8. The summed E-state index contributed by atoms with van der Waals surface area (Å²) in [5.74, 6) is 0. The molecule has 0 aromatic heterocycles. The van der Waals surface area contributed by atoms with Gasteiger partial charge < -0.3 is 10.1 Å². The van der Waals surface area contributed by atoms with E-state index in [1.165, 1.54) is 38.9 Å². The number of morpholine rings is 1. The van der Waals surface area contributed by atoms with Gasteiger partial charge in [-0.25, -0.2) is 0 Å². The highest BCUT2D eigenvalue weighted by Gasteiger charge is 2.30. The lowest BCUT2D eigenvalue weighted by Gasteiger charge is -2.33. The summed E-state index contributed by atoms with van der Waals surface area (Å²) >= 11 is 0. The molecule has 2 saturated heterocycles. The smallest absolute Gasteiger partial charge is 0.0594 e. The maximum atomic E-state index is 5.45. The van der Waals surface area contributed by atoms with Crippen LogP contribution in [0.1, 0.15) is 33.1 Å². The van der Waals surface area contributed by atoms with Crippen LogP contribution in [0.15, 0.2) is 0 Å². The molecule has 0 radical (unpaired) electrons. The summed E-state index contributed by atoms with van der Waals surface area (Å²) < 4.78 is 5.45. The Kier molecular flexibility index (Phi) is 6.57. The highest BCUT2D eigenvalue weighted by atomic mass is 16.5. The summed E-state index contributed by atoms with van der Waals surface area (Å²) in [6, 6.07) is 1.52. The first kappa shape index (κ1) is 15.2. The van der Waals surface area contributed by atoms with Crippen molar-refractivity contribution in [2.45, 2.75) is 45.2 Å². The molecule has 112 valence electrons. The van der Waals surface area contributed by atoms with Gasteiger partial charge in [0.2, 0.25) is 0 Å². The van der Waals surface area contributed by atoms with Crippen LogP contribution in [-0.4, -0.2) is 74.4 Å². The lowest BCUT2D eigenvalue weighted by molar-refractivity contribution is 0.0177. The highest BCUT2D eigenvalue weighted by molar-refractivity contribution is 4.86. The molecule has 4 heteroatoms. The molecule has 2 fully saturated rings. The molecule has 2 heterocycles. The third-order valence-corrected chi connectivity index (χ3v) is 4.61. The number of nitrogens with one attached hydrogen (secondary N) is 1. The molecule has 0 aliphatic carbocycles. The van der Waals surface area contributed by atoms with E-state index in [1.807, 2.05) is 0 Å². The number of ether oxygens (including phenoxy) is 1. The van der Waals surface area contributed by atoms with E-state index in [-0.39, 0.29) is 0 Å². The molecular formula is C15H31N3O. The standard InChI is InChI=1S/C15H31N3O/c1-3-16-7-4-5-14(2)18-8-6-15(13-18)17-9-11-19-12-10-17/h14-16H,3-13H2,1-2H3. The summed E-state index contributed by atoms with van der Waals surface area (Å²) in [6.45, 7) is 13.5. The Labute approximate surface area is 118 Å². The van der Waals surface area contributed by atoms with Gasteiger partial charge in [-0.1, -0.05) is 6.92 Å². The minimum atomic E-state index is 0.740. The molecule has 2 atom stereocenters. The first-order valence-corrected chi connectivity index (χ1v) is 8.07. The Morgan fingerprint density at radius 2 is 2.05 bits per heavy atom. The van der Waals surface area contributed by atoms with Gasteiger partial charge in [0.25, 0.3) is 0 Å². The fourth-order valence-corrected chi connectivity index (χ4v) is 3.29. The number of likely N-dealkylation sites (tertiary alicyclic amines) is 1. The zero-order valence-corrected chi connectivity index (χ0v) is 12.7. The Hall–Kier alpha value is -0.160. The molecule has 19 heavy (non-hydrogen) atoms. The van der Waals surface area contributed by atoms with Gasteiger partial charge >= 0.3 is 0 Å².